The molecule has 32 heavy (non-hydrogen) atoms. The van der Waals surface area contributed by atoms with Crippen LogP contribution in [0.15, 0.2) is 42.5 Å². The molecular formula is C24H23N3O5. The van der Waals surface area contributed by atoms with Crippen LogP contribution in [-0.4, -0.2) is 52.3 Å². The molecule has 2 aromatic carbocycles. The van der Waals surface area contributed by atoms with Crippen LogP contribution in [-0.2, 0) is 16.1 Å². The standard InChI is InChI=1S/C24H23N3O5/c1-14-5-3-7-16(11-14)25-24(32)26(2)13-15-6-4-8-18-21(15)23(31)27(22(18)30)19-10-9-17(28)12-20(19)29/h3-8,11,19H,9-10,12-13H2,1-2H3,(H,25,32). The van der Waals surface area contributed by atoms with Crippen molar-refractivity contribution in [3.05, 3.63) is 64.7 Å². The third-order valence-electron chi connectivity index (χ3n) is 5.81. The van der Waals surface area contributed by atoms with Gasteiger partial charge in [-0.3, -0.25) is 24.1 Å². The van der Waals surface area contributed by atoms with E-state index in [-0.39, 0.29) is 48.7 Å². The third-order valence-corrected chi connectivity index (χ3v) is 5.81. The van der Waals surface area contributed by atoms with Gasteiger partial charge in [0.25, 0.3) is 11.8 Å². The Kier molecular flexibility index (Phi) is 5.61. The van der Waals surface area contributed by atoms with Gasteiger partial charge in [-0.1, -0.05) is 24.3 Å². The second kappa shape index (κ2) is 8.37. The molecule has 1 aliphatic heterocycles. The molecule has 4 amide bonds. The van der Waals surface area contributed by atoms with Crippen molar-refractivity contribution in [3.8, 4) is 0 Å². The Bertz CT molecular complexity index is 1160. The van der Waals surface area contributed by atoms with Gasteiger partial charge in [0.2, 0.25) is 0 Å². The van der Waals surface area contributed by atoms with Crippen molar-refractivity contribution >= 4 is 35.1 Å². The number of carbonyl (C=O) groups is 5. The van der Waals surface area contributed by atoms with Gasteiger partial charge in [0.1, 0.15) is 5.78 Å². The Morgan fingerprint density at radius 2 is 1.84 bits per heavy atom. The van der Waals surface area contributed by atoms with E-state index in [4.69, 9.17) is 0 Å². The Balaban J connectivity index is 1.54. The summed E-state index contributed by atoms with van der Waals surface area (Å²) in [5, 5.41) is 2.81. The summed E-state index contributed by atoms with van der Waals surface area (Å²) in [5.41, 5.74) is 2.60. The van der Waals surface area contributed by atoms with Crippen molar-refractivity contribution in [2.75, 3.05) is 12.4 Å². The van der Waals surface area contributed by atoms with Crippen LogP contribution in [0.4, 0.5) is 10.5 Å². The fourth-order valence-corrected chi connectivity index (χ4v) is 4.19. The van der Waals surface area contributed by atoms with Crippen LogP contribution in [0.25, 0.3) is 0 Å². The Labute approximate surface area is 185 Å². The number of urea groups is 1. The van der Waals surface area contributed by atoms with E-state index in [9.17, 15) is 24.0 Å². The van der Waals surface area contributed by atoms with Crippen LogP contribution in [0.2, 0.25) is 0 Å². The summed E-state index contributed by atoms with van der Waals surface area (Å²) >= 11 is 0. The normalized spacial score (nSPS) is 18.1. The zero-order chi connectivity index (χ0) is 23.0. The number of hydrogen-bond acceptors (Lipinski definition) is 5. The van der Waals surface area contributed by atoms with Crippen molar-refractivity contribution in [2.24, 2.45) is 0 Å². The lowest BCUT2D eigenvalue weighted by molar-refractivity contribution is -0.132. The lowest BCUT2D eigenvalue weighted by atomic mass is 9.92. The number of Topliss-reactive ketones (excluding diaryl/α,β-unsaturated/α-hetero) is 2. The number of nitrogens with zero attached hydrogens (tertiary/aromatic N) is 2. The molecule has 1 N–H and O–H groups in total. The van der Waals surface area contributed by atoms with Gasteiger partial charge in [0.05, 0.1) is 23.6 Å². The molecule has 2 aliphatic rings. The van der Waals surface area contributed by atoms with Gasteiger partial charge in [-0.2, -0.15) is 0 Å². The monoisotopic (exact) mass is 433 g/mol. The Hall–Kier alpha value is -3.81. The molecule has 2 aromatic rings. The molecule has 0 bridgehead atoms. The van der Waals surface area contributed by atoms with Gasteiger partial charge in [0, 0.05) is 25.7 Å². The van der Waals surface area contributed by atoms with Gasteiger partial charge in [0.15, 0.2) is 5.78 Å². The van der Waals surface area contributed by atoms with E-state index in [1.165, 1.54) is 4.90 Å². The first-order valence-corrected chi connectivity index (χ1v) is 10.4. The molecule has 1 aliphatic carbocycles. The number of aryl methyl sites for hydroxylation is 1. The summed E-state index contributed by atoms with van der Waals surface area (Å²) in [6, 6.07) is 11.0. The predicted molar refractivity (Wildman–Crippen MR) is 116 cm³/mol. The van der Waals surface area contributed by atoms with Gasteiger partial charge < -0.3 is 10.2 Å². The molecule has 0 radical (unpaired) electrons. The van der Waals surface area contributed by atoms with Crippen molar-refractivity contribution in [3.63, 3.8) is 0 Å². The van der Waals surface area contributed by atoms with E-state index in [2.05, 4.69) is 5.32 Å². The number of nitrogens with one attached hydrogen (secondary N) is 1. The summed E-state index contributed by atoms with van der Waals surface area (Å²) in [4.78, 5) is 65.1. The zero-order valence-electron chi connectivity index (χ0n) is 17.9. The topological polar surface area (TPSA) is 104 Å². The minimum atomic E-state index is -0.921. The number of rotatable bonds is 4. The summed E-state index contributed by atoms with van der Waals surface area (Å²) in [6.07, 6.45) is 0.0581. The van der Waals surface area contributed by atoms with Crippen LogP contribution in [0.3, 0.4) is 0 Å². The maximum absolute atomic E-state index is 13.2. The second-order valence-electron chi connectivity index (χ2n) is 8.21. The third kappa shape index (κ3) is 3.91. The molecule has 1 fully saturated rings. The summed E-state index contributed by atoms with van der Waals surface area (Å²) in [7, 11) is 1.60. The number of carbonyl (C=O) groups excluding carboxylic acids is 5. The number of hydrogen-bond donors (Lipinski definition) is 1. The number of fused-ring (bicyclic) bond motifs is 1. The maximum atomic E-state index is 13.2. The second-order valence-corrected chi connectivity index (χ2v) is 8.21. The van der Waals surface area contributed by atoms with Crippen molar-refractivity contribution in [2.45, 2.75) is 38.8 Å². The Morgan fingerprint density at radius 1 is 1.09 bits per heavy atom. The highest BCUT2D eigenvalue weighted by atomic mass is 16.2. The van der Waals surface area contributed by atoms with Crippen molar-refractivity contribution < 1.29 is 24.0 Å². The molecule has 8 heteroatoms. The van der Waals surface area contributed by atoms with Gasteiger partial charge in [-0.15, -0.1) is 0 Å². The first-order chi connectivity index (χ1) is 15.3. The fourth-order valence-electron chi connectivity index (χ4n) is 4.19. The number of anilines is 1. The van der Waals surface area contributed by atoms with E-state index < -0.39 is 23.6 Å². The molecule has 1 heterocycles. The van der Waals surface area contributed by atoms with Crippen LogP contribution in [0.1, 0.15) is 51.1 Å². The average molecular weight is 433 g/mol. The smallest absolute Gasteiger partial charge is 0.321 e. The molecule has 0 spiro atoms. The molecule has 0 aromatic heterocycles. The quantitative estimate of drug-likeness (QED) is 0.590. The maximum Gasteiger partial charge on any atom is 0.321 e. The van der Waals surface area contributed by atoms with Crippen LogP contribution in [0.5, 0.6) is 0 Å². The van der Waals surface area contributed by atoms with Crippen LogP contribution in [0, 0.1) is 6.92 Å². The van der Waals surface area contributed by atoms with E-state index in [0.717, 1.165) is 10.5 Å². The summed E-state index contributed by atoms with van der Waals surface area (Å²) in [5.74, 6) is -1.68. The molecule has 1 atom stereocenters. The lowest BCUT2D eigenvalue weighted by Crippen LogP contribution is -2.47. The van der Waals surface area contributed by atoms with E-state index in [0.29, 0.717) is 11.3 Å². The number of ketones is 2. The van der Waals surface area contributed by atoms with Gasteiger partial charge >= 0.3 is 6.03 Å². The fraction of sp³-hybridized carbons (Fsp3) is 0.292. The molecule has 1 unspecified atom stereocenters. The number of amides is 4. The van der Waals surface area contributed by atoms with E-state index in [1.807, 2.05) is 25.1 Å². The number of benzene rings is 2. The molecule has 0 saturated heterocycles. The molecular weight excluding hydrogens is 410 g/mol. The summed E-state index contributed by atoms with van der Waals surface area (Å²) in [6.45, 7) is 2.03. The largest absolute Gasteiger partial charge is 0.323 e. The highest BCUT2D eigenvalue weighted by Crippen LogP contribution is 2.31. The van der Waals surface area contributed by atoms with Gasteiger partial charge in [-0.25, -0.2) is 4.79 Å². The molecule has 4 rings (SSSR count). The molecule has 8 nitrogen and oxygen atoms in total. The SMILES string of the molecule is Cc1cccc(NC(=O)N(C)Cc2cccc3c2C(=O)N(C2CCC(=O)CC2=O)C3=O)c1. The minimum absolute atomic E-state index is 0.102. The van der Waals surface area contributed by atoms with Crippen molar-refractivity contribution in [1.82, 2.24) is 9.80 Å². The zero-order valence-corrected chi connectivity index (χ0v) is 17.9. The Morgan fingerprint density at radius 3 is 2.56 bits per heavy atom. The van der Waals surface area contributed by atoms with E-state index >= 15 is 0 Å². The minimum Gasteiger partial charge on any atom is -0.323 e. The summed E-state index contributed by atoms with van der Waals surface area (Å²) < 4.78 is 0. The number of imide groups is 1. The highest BCUT2D eigenvalue weighted by Gasteiger charge is 2.45. The average Bonchev–Trinajstić information content (AvgIpc) is 2.99. The van der Waals surface area contributed by atoms with E-state index in [1.54, 1.807) is 31.3 Å². The van der Waals surface area contributed by atoms with Crippen LogP contribution < -0.4 is 5.32 Å². The first kappa shape index (κ1) is 21.4. The highest BCUT2D eigenvalue weighted by molar-refractivity contribution is 6.24. The predicted octanol–water partition coefficient (Wildman–Crippen LogP) is 2.95. The van der Waals surface area contributed by atoms with Crippen LogP contribution >= 0.6 is 0 Å². The molecule has 164 valence electrons. The van der Waals surface area contributed by atoms with Crippen molar-refractivity contribution in [1.29, 1.82) is 0 Å². The molecule has 1 saturated carbocycles. The lowest BCUT2D eigenvalue weighted by Gasteiger charge is -2.27. The first-order valence-electron chi connectivity index (χ1n) is 10.4. The van der Waals surface area contributed by atoms with Gasteiger partial charge in [-0.05, 0) is 42.7 Å².